The van der Waals surface area contributed by atoms with E-state index in [4.69, 9.17) is 5.11 Å². The van der Waals surface area contributed by atoms with Gasteiger partial charge in [-0.1, -0.05) is 0 Å². The lowest BCUT2D eigenvalue weighted by Gasteiger charge is -2.02. The Morgan fingerprint density at radius 3 is 2.75 bits per heavy atom. The van der Waals surface area contributed by atoms with Crippen molar-refractivity contribution < 1.29 is 9.50 Å². The van der Waals surface area contributed by atoms with Gasteiger partial charge in [0.25, 0.3) is 0 Å². The summed E-state index contributed by atoms with van der Waals surface area (Å²) in [4.78, 5) is 8.06. The molecule has 0 bridgehead atoms. The number of aliphatic hydroxyl groups excluding tert-OH is 1. The Hall–Kier alpha value is -1.40. The van der Waals surface area contributed by atoms with Crippen molar-refractivity contribution in [2.75, 3.05) is 0 Å². The van der Waals surface area contributed by atoms with Crippen LogP contribution in [-0.2, 0) is 13.7 Å². The molecule has 1 N–H and O–H groups in total. The zero-order chi connectivity index (χ0) is 11.5. The van der Waals surface area contributed by atoms with Crippen molar-refractivity contribution in [1.82, 2.24) is 14.5 Å². The summed E-state index contributed by atoms with van der Waals surface area (Å²) in [5.74, 6) is -0.361. The van der Waals surface area contributed by atoms with Gasteiger partial charge < -0.3 is 9.67 Å². The van der Waals surface area contributed by atoms with E-state index < -0.39 is 0 Å². The van der Waals surface area contributed by atoms with Crippen LogP contribution in [0.2, 0.25) is 0 Å². The van der Waals surface area contributed by atoms with E-state index in [9.17, 15) is 4.39 Å². The first-order valence-electron chi connectivity index (χ1n) is 4.61. The van der Waals surface area contributed by atoms with Crippen molar-refractivity contribution in [2.45, 2.75) is 16.8 Å². The van der Waals surface area contributed by atoms with Gasteiger partial charge in [0.2, 0.25) is 0 Å². The van der Waals surface area contributed by atoms with E-state index >= 15 is 0 Å². The third-order valence-corrected chi connectivity index (χ3v) is 3.11. The average molecular weight is 239 g/mol. The highest BCUT2D eigenvalue weighted by Crippen LogP contribution is 2.24. The Morgan fingerprint density at radius 1 is 1.38 bits per heavy atom. The van der Waals surface area contributed by atoms with Crippen molar-refractivity contribution in [1.29, 1.82) is 0 Å². The molecule has 2 aromatic rings. The summed E-state index contributed by atoms with van der Waals surface area (Å²) < 4.78 is 14.4. The predicted molar refractivity (Wildman–Crippen MR) is 57.4 cm³/mol. The molecule has 2 heterocycles. The molecule has 0 aliphatic rings. The topological polar surface area (TPSA) is 50.9 Å². The van der Waals surface area contributed by atoms with Crippen LogP contribution in [0.3, 0.4) is 0 Å². The van der Waals surface area contributed by atoms with Crippen LogP contribution >= 0.6 is 11.8 Å². The molecule has 0 saturated heterocycles. The molecular weight excluding hydrogens is 229 g/mol. The minimum Gasteiger partial charge on any atom is -0.390 e. The summed E-state index contributed by atoms with van der Waals surface area (Å²) in [7, 11) is 1.81. The first-order chi connectivity index (χ1) is 7.70. The van der Waals surface area contributed by atoms with Gasteiger partial charge >= 0.3 is 0 Å². The zero-order valence-corrected chi connectivity index (χ0v) is 9.41. The molecule has 0 aliphatic heterocycles. The predicted octanol–water partition coefficient (Wildman–Crippen LogP) is 1.60. The number of hydrogen-bond donors (Lipinski definition) is 1. The summed E-state index contributed by atoms with van der Waals surface area (Å²) in [5.41, 5.74) is 0.726. The van der Waals surface area contributed by atoms with Crippen LogP contribution in [0.4, 0.5) is 4.39 Å². The molecule has 4 nitrogen and oxygen atoms in total. The van der Waals surface area contributed by atoms with Gasteiger partial charge in [-0.05, 0) is 23.9 Å². The molecule has 0 amide bonds. The van der Waals surface area contributed by atoms with E-state index in [1.54, 1.807) is 16.8 Å². The molecule has 0 aromatic carbocycles. The number of nitrogens with zero attached hydrogens (tertiary/aromatic N) is 3. The third-order valence-electron chi connectivity index (χ3n) is 2.10. The Kier molecular flexibility index (Phi) is 3.21. The second-order valence-corrected chi connectivity index (χ2v) is 4.15. The minimum absolute atomic E-state index is 0.0547. The monoisotopic (exact) mass is 239 g/mol. The van der Waals surface area contributed by atoms with Crippen LogP contribution in [0.15, 0.2) is 34.7 Å². The number of rotatable bonds is 3. The first-order valence-corrected chi connectivity index (χ1v) is 5.43. The van der Waals surface area contributed by atoms with E-state index in [0.29, 0.717) is 10.2 Å². The third kappa shape index (κ3) is 2.23. The molecule has 84 valence electrons. The Labute approximate surface area is 96.2 Å². The van der Waals surface area contributed by atoms with Crippen LogP contribution < -0.4 is 0 Å². The zero-order valence-electron chi connectivity index (χ0n) is 8.59. The van der Waals surface area contributed by atoms with E-state index in [2.05, 4.69) is 9.97 Å². The first kappa shape index (κ1) is 11.1. The van der Waals surface area contributed by atoms with Gasteiger partial charge in [0, 0.05) is 7.05 Å². The summed E-state index contributed by atoms with van der Waals surface area (Å²) in [6.45, 7) is -0.0547. The van der Waals surface area contributed by atoms with E-state index in [-0.39, 0.29) is 12.4 Å². The lowest BCUT2D eigenvalue weighted by molar-refractivity contribution is 0.271. The summed E-state index contributed by atoms with van der Waals surface area (Å²) >= 11 is 1.32. The normalized spacial score (nSPS) is 10.7. The fraction of sp³-hybridized carbons (Fsp3) is 0.200. The highest BCUT2D eigenvalue weighted by atomic mass is 32.2. The number of aliphatic hydroxyl groups is 1. The van der Waals surface area contributed by atoms with Gasteiger partial charge in [-0.15, -0.1) is 0 Å². The van der Waals surface area contributed by atoms with Crippen molar-refractivity contribution in [3.05, 3.63) is 36.0 Å². The van der Waals surface area contributed by atoms with Gasteiger partial charge in [-0.3, -0.25) is 0 Å². The molecule has 0 spiro atoms. The van der Waals surface area contributed by atoms with Crippen LogP contribution in [0.25, 0.3) is 0 Å². The lowest BCUT2D eigenvalue weighted by atomic mass is 10.5. The van der Waals surface area contributed by atoms with E-state index in [0.717, 1.165) is 11.9 Å². The average Bonchev–Trinajstić information content (AvgIpc) is 2.63. The van der Waals surface area contributed by atoms with Gasteiger partial charge in [0.15, 0.2) is 5.16 Å². The second-order valence-electron chi connectivity index (χ2n) is 3.17. The number of pyridine rings is 1. The molecule has 0 aliphatic carbocycles. The maximum Gasteiger partial charge on any atom is 0.174 e. The fourth-order valence-corrected chi connectivity index (χ4v) is 1.97. The van der Waals surface area contributed by atoms with E-state index in [1.807, 2.05) is 7.05 Å². The number of imidazole rings is 1. The standard InChI is InChI=1S/C10H10FN3OS/c1-14-8(6-15)5-13-10(14)16-9-3-2-7(11)4-12-9/h2-5,15H,6H2,1H3. The van der Waals surface area contributed by atoms with Crippen LogP contribution in [0.1, 0.15) is 5.69 Å². The lowest BCUT2D eigenvalue weighted by Crippen LogP contribution is -1.97. The van der Waals surface area contributed by atoms with Gasteiger partial charge in [-0.25, -0.2) is 14.4 Å². The Morgan fingerprint density at radius 2 is 2.19 bits per heavy atom. The van der Waals surface area contributed by atoms with Crippen LogP contribution in [-0.4, -0.2) is 19.6 Å². The second kappa shape index (κ2) is 4.63. The summed E-state index contributed by atoms with van der Waals surface area (Å²) in [5, 5.41) is 10.4. The minimum atomic E-state index is -0.361. The molecule has 0 unspecified atom stereocenters. The number of aromatic nitrogens is 3. The van der Waals surface area contributed by atoms with Gasteiger partial charge in [0.1, 0.15) is 10.8 Å². The summed E-state index contributed by atoms with van der Waals surface area (Å²) in [6, 6.07) is 2.94. The van der Waals surface area contributed by atoms with Gasteiger partial charge in [-0.2, -0.15) is 0 Å². The van der Waals surface area contributed by atoms with Crippen LogP contribution in [0, 0.1) is 5.82 Å². The molecule has 2 aromatic heterocycles. The molecular formula is C10H10FN3OS. The fourth-order valence-electron chi connectivity index (χ4n) is 1.18. The Bertz CT molecular complexity index is 483. The van der Waals surface area contributed by atoms with Crippen molar-refractivity contribution in [2.24, 2.45) is 7.05 Å². The van der Waals surface area contributed by atoms with Crippen molar-refractivity contribution in [3.8, 4) is 0 Å². The Balaban J connectivity index is 2.20. The van der Waals surface area contributed by atoms with Crippen molar-refractivity contribution >= 4 is 11.8 Å². The molecule has 2 rings (SSSR count). The van der Waals surface area contributed by atoms with Crippen molar-refractivity contribution in [3.63, 3.8) is 0 Å². The highest BCUT2D eigenvalue weighted by molar-refractivity contribution is 7.99. The molecule has 16 heavy (non-hydrogen) atoms. The molecule has 6 heteroatoms. The van der Waals surface area contributed by atoms with Gasteiger partial charge in [0.05, 0.1) is 24.7 Å². The molecule has 0 fully saturated rings. The quantitative estimate of drug-likeness (QED) is 0.883. The summed E-state index contributed by atoms with van der Waals surface area (Å²) in [6.07, 6.45) is 2.77. The number of halogens is 1. The molecule has 0 atom stereocenters. The maximum absolute atomic E-state index is 12.6. The van der Waals surface area contributed by atoms with Crippen LogP contribution in [0.5, 0.6) is 0 Å². The highest BCUT2D eigenvalue weighted by Gasteiger charge is 2.07. The maximum atomic E-state index is 12.6. The molecule has 0 radical (unpaired) electrons. The molecule has 0 saturated carbocycles. The smallest absolute Gasteiger partial charge is 0.174 e. The largest absolute Gasteiger partial charge is 0.390 e. The number of hydrogen-bond acceptors (Lipinski definition) is 4. The SMILES string of the molecule is Cn1c(CO)cnc1Sc1ccc(F)cn1. The van der Waals surface area contributed by atoms with E-state index in [1.165, 1.54) is 17.8 Å².